The van der Waals surface area contributed by atoms with Crippen LogP contribution in [0.1, 0.15) is 31.9 Å². The predicted molar refractivity (Wildman–Crippen MR) is 71.8 cm³/mol. The van der Waals surface area contributed by atoms with E-state index in [1.807, 2.05) is 27.1 Å². The van der Waals surface area contributed by atoms with Gasteiger partial charge in [-0.05, 0) is 13.3 Å². The normalized spacial score (nSPS) is 20.4. The summed E-state index contributed by atoms with van der Waals surface area (Å²) in [7, 11) is 1.83. The molecule has 1 fully saturated rings. The molecule has 0 spiro atoms. The van der Waals surface area contributed by atoms with Crippen molar-refractivity contribution in [3.05, 3.63) is 11.9 Å². The highest BCUT2D eigenvalue weighted by atomic mass is 16.2. The number of aromatic nitrogens is 2. The molecule has 1 N–H and O–H groups in total. The molecule has 1 aliphatic heterocycles. The largest absolute Gasteiger partial charge is 0.344 e. The Kier molecular flexibility index (Phi) is 3.87. The van der Waals surface area contributed by atoms with Crippen LogP contribution < -0.4 is 10.2 Å². The van der Waals surface area contributed by atoms with E-state index < -0.39 is 6.04 Å². The maximum absolute atomic E-state index is 12.5. The third-order valence-electron chi connectivity index (χ3n) is 3.32. The summed E-state index contributed by atoms with van der Waals surface area (Å²) < 4.78 is 1.69. The Hall–Kier alpha value is -1.85. The van der Waals surface area contributed by atoms with Crippen LogP contribution in [-0.2, 0) is 16.6 Å². The van der Waals surface area contributed by atoms with Crippen LogP contribution in [0.3, 0.4) is 0 Å². The summed E-state index contributed by atoms with van der Waals surface area (Å²) in [6.07, 6.45) is 3.68. The molecule has 2 heterocycles. The van der Waals surface area contributed by atoms with E-state index >= 15 is 0 Å². The molecule has 1 unspecified atom stereocenters. The molecule has 2 rings (SSSR count). The maximum Gasteiger partial charge on any atom is 0.249 e. The Morgan fingerprint density at radius 3 is 2.79 bits per heavy atom. The molecule has 1 saturated heterocycles. The molecule has 2 amide bonds. The van der Waals surface area contributed by atoms with Gasteiger partial charge in [-0.1, -0.05) is 13.3 Å². The topological polar surface area (TPSA) is 67.2 Å². The van der Waals surface area contributed by atoms with E-state index in [0.717, 1.165) is 17.8 Å². The molecular weight excluding hydrogens is 244 g/mol. The van der Waals surface area contributed by atoms with Gasteiger partial charge in [0.1, 0.15) is 6.04 Å². The molecule has 0 radical (unpaired) electrons. The third-order valence-corrected chi connectivity index (χ3v) is 3.32. The molecule has 104 valence electrons. The summed E-state index contributed by atoms with van der Waals surface area (Å²) in [5, 5.41) is 7.06. The van der Waals surface area contributed by atoms with E-state index in [9.17, 15) is 9.59 Å². The molecule has 19 heavy (non-hydrogen) atoms. The molecule has 0 aromatic carbocycles. The number of nitrogens with one attached hydrogen (secondary N) is 1. The van der Waals surface area contributed by atoms with Gasteiger partial charge in [-0.15, -0.1) is 0 Å². The number of nitrogens with zero attached hydrogens (tertiary/aromatic N) is 3. The molecule has 0 saturated carbocycles. The van der Waals surface area contributed by atoms with Gasteiger partial charge >= 0.3 is 0 Å². The second kappa shape index (κ2) is 5.42. The maximum atomic E-state index is 12.5. The van der Waals surface area contributed by atoms with E-state index in [-0.39, 0.29) is 11.8 Å². The lowest BCUT2D eigenvalue weighted by molar-refractivity contribution is -0.125. The fourth-order valence-electron chi connectivity index (χ4n) is 2.42. The molecule has 1 atom stereocenters. The van der Waals surface area contributed by atoms with E-state index in [1.165, 1.54) is 0 Å². The molecule has 0 aliphatic carbocycles. The summed E-state index contributed by atoms with van der Waals surface area (Å²) in [5.41, 5.74) is 1.60. The standard InChI is InChI=1S/C13H20N4O2/c1-4-5-10-13(19)17(7-6-12(18)14-10)11-8-16(3)15-9(11)2/h8,10H,4-7H2,1-3H3,(H,14,18). The van der Waals surface area contributed by atoms with Crippen molar-refractivity contribution >= 4 is 17.5 Å². The van der Waals surface area contributed by atoms with Crippen molar-refractivity contribution < 1.29 is 9.59 Å². The van der Waals surface area contributed by atoms with Crippen molar-refractivity contribution in [3.63, 3.8) is 0 Å². The Labute approximate surface area is 112 Å². The highest BCUT2D eigenvalue weighted by molar-refractivity contribution is 6.01. The van der Waals surface area contributed by atoms with Gasteiger partial charge in [0.2, 0.25) is 11.8 Å². The second-order valence-electron chi connectivity index (χ2n) is 4.92. The van der Waals surface area contributed by atoms with E-state index in [4.69, 9.17) is 0 Å². The van der Waals surface area contributed by atoms with Gasteiger partial charge < -0.3 is 10.2 Å². The lowest BCUT2D eigenvalue weighted by Crippen LogP contribution is -2.44. The molecule has 6 nitrogen and oxygen atoms in total. The minimum Gasteiger partial charge on any atom is -0.344 e. The van der Waals surface area contributed by atoms with Crippen LogP contribution in [-0.4, -0.2) is 34.2 Å². The number of carbonyl (C=O) groups excluding carboxylic acids is 2. The average Bonchev–Trinajstić information content (AvgIpc) is 2.60. The van der Waals surface area contributed by atoms with Crippen molar-refractivity contribution in [2.45, 2.75) is 39.2 Å². The zero-order chi connectivity index (χ0) is 14.0. The van der Waals surface area contributed by atoms with E-state index in [2.05, 4.69) is 10.4 Å². The molecule has 1 aliphatic rings. The van der Waals surface area contributed by atoms with E-state index in [0.29, 0.717) is 19.4 Å². The fourth-order valence-corrected chi connectivity index (χ4v) is 2.42. The van der Waals surface area contributed by atoms with Crippen LogP contribution in [0.5, 0.6) is 0 Å². The quantitative estimate of drug-likeness (QED) is 0.876. The number of hydrogen-bond donors (Lipinski definition) is 1. The van der Waals surface area contributed by atoms with Crippen LogP contribution in [0.2, 0.25) is 0 Å². The third kappa shape index (κ3) is 2.77. The predicted octanol–water partition coefficient (Wildman–Crippen LogP) is 0.750. The van der Waals surface area contributed by atoms with Crippen LogP contribution in [0.4, 0.5) is 5.69 Å². The van der Waals surface area contributed by atoms with Crippen LogP contribution in [0, 0.1) is 6.92 Å². The van der Waals surface area contributed by atoms with Crippen LogP contribution in [0.15, 0.2) is 6.20 Å². The fraction of sp³-hybridized carbons (Fsp3) is 0.615. The monoisotopic (exact) mass is 264 g/mol. The Bertz CT molecular complexity index is 495. The van der Waals surface area contributed by atoms with Crippen LogP contribution >= 0.6 is 0 Å². The average molecular weight is 264 g/mol. The SMILES string of the molecule is CCCC1NC(=O)CCN(c2cn(C)nc2C)C1=O. The van der Waals surface area contributed by atoms with Gasteiger partial charge in [0.15, 0.2) is 0 Å². The van der Waals surface area contributed by atoms with Crippen molar-refractivity contribution in [1.29, 1.82) is 0 Å². The van der Waals surface area contributed by atoms with Crippen molar-refractivity contribution in [1.82, 2.24) is 15.1 Å². The summed E-state index contributed by atoms with van der Waals surface area (Å²) >= 11 is 0. The highest BCUT2D eigenvalue weighted by Crippen LogP contribution is 2.21. The first-order valence-electron chi connectivity index (χ1n) is 6.64. The minimum atomic E-state index is -0.417. The lowest BCUT2D eigenvalue weighted by atomic mass is 10.1. The number of carbonyl (C=O) groups is 2. The molecule has 0 bridgehead atoms. The van der Waals surface area contributed by atoms with Gasteiger partial charge in [0.25, 0.3) is 0 Å². The molecule has 1 aromatic rings. The van der Waals surface area contributed by atoms with E-state index in [1.54, 1.807) is 9.58 Å². The van der Waals surface area contributed by atoms with Gasteiger partial charge in [-0.25, -0.2) is 0 Å². The Morgan fingerprint density at radius 1 is 1.47 bits per heavy atom. The minimum absolute atomic E-state index is 0.0381. The smallest absolute Gasteiger partial charge is 0.249 e. The van der Waals surface area contributed by atoms with Crippen molar-refractivity contribution in [3.8, 4) is 0 Å². The number of anilines is 1. The summed E-state index contributed by atoms with van der Waals surface area (Å²) in [6, 6.07) is -0.417. The molecule has 6 heteroatoms. The number of amides is 2. The zero-order valence-corrected chi connectivity index (χ0v) is 11.6. The zero-order valence-electron chi connectivity index (χ0n) is 11.6. The summed E-state index contributed by atoms with van der Waals surface area (Å²) in [4.78, 5) is 25.9. The first-order chi connectivity index (χ1) is 9.02. The van der Waals surface area contributed by atoms with Crippen molar-refractivity contribution in [2.24, 2.45) is 7.05 Å². The van der Waals surface area contributed by atoms with Gasteiger partial charge in [-0.2, -0.15) is 5.10 Å². The number of rotatable bonds is 3. The van der Waals surface area contributed by atoms with Gasteiger partial charge in [0.05, 0.1) is 11.4 Å². The number of aryl methyl sites for hydroxylation is 2. The second-order valence-corrected chi connectivity index (χ2v) is 4.92. The summed E-state index contributed by atoms with van der Waals surface area (Å²) in [6.45, 7) is 4.29. The first kappa shape index (κ1) is 13.6. The van der Waals surface area contributed by atoms with Gasteiger partial charge in [-0.3, -0.25) is 14.3 Å². The molecular formula is C13H20N4O2. The summed E-state index contributed by atoms with van der Waals surface area (Å²) in [5.74, 6) is -0.0976. The lowest BCUT2D eigenvalue weighted by Gasteiger charge is -2.23. The highest BCUT2D eigenvalue weighted by Gasteiger charge is 2.31. The Balaban J connectivity index is 2.30. The van der Waals surface area contributed by atoms with Crippen LogP contribution in [0.25, 0.3) is 0 Å². The van der Waals surface area contributed by atoms with Crippen molar-refractivity contribution in [2.75, 3.05) is 11.4 Å². The Morgan fingerprint density at radius 2 is 2.21 bits per heavy atom. The van der Waals surface area contributed by atoms with Gasteiger partial charge in [0, 0.05) is 26.2 Å². The first-order valence-corrected chi connectivity index (χ1v) is 6.64. The molecule has 1 aromatic heterocycles. The number of hydrogen-bond acceptors (Lipinski definition) is 3.